The van der Waals surface area contributed by atoms with Crippen LogP contribution in [0.15, 0.2) is 0 Å². The largest absolute Gasteiger partial charge is 0.301 e. The van der Waals surface area contributed by atoms with Crippen molar-refractivity contribution < 1.29 is 0 Å². The van der Waals surface area contributed by atoms with Crippen molar-refractivity contribution >= 4 is 0 Å². The molecule has 0 amide bonds. The highest BCUT2D eigenvalue weighted by Crippen LogP contribution is 2.17. The molecule has 0 spiro atoms. The second-order valence-electron chi connectivity index (χ2n) is 5.48. The molecule has 0 aromatic rings. The van der Waals surface area contributed by atoms with Gasteiger partial charge in [-0.3, -0.25) is 4.90 Å². The Kier molecular flexibility index (Phi) is 5.24. The van der Waals surface area contributed by atoms with Gasteiger partial charge in [0, 0.05) is 25.2 Å². The van der Waals surface area contributed by atoms with Crippen LogP contribution in [0.5, 0.6) is 0 Å². The summed E-state index contributed by atoms with van der Waals surface area (Å²) in [6.45, 7) is 10.1. The van der Waals surface area contributed by atoms with Crippen LogP contribution in [0.2, 0.25) is 0 Å². The minimum atomic E-state index is 0.435. The molecule has 3 heteroatoms. The van der Waals surface area contributed by atoms with Crippen molar-refractivity contribution in [1.29, 1.82) is 5.26 Å². The van der Waals surface area contributed by atoms with Gasteiger partial charge in [-0.15, -0.1) is 0 Å². The summed E-state index contributed by atoms with van der Waals surface area (Å²) in [7, 11) is 2.16. The normalized spacial score (nSPS) is 28.2. The molecule has 92 valence electrons. The van der Waals surface area contributed by atoms with Crippen LogP contribution in [-0.2, 0) is 0 Å². The number of hydrogen-bond acceptors (Lipinski definition) is 3. The Bertz CT molecular complexity index is 244. The Morgan fingerprint density at radius 1 is 1.38 bits per heavy atom. The van der Waals surface area contributed by atoms with Crippen molar-refractivity contribution in [2.24, 2.45) is 5.92 Å². The number of rotatable bonds is 4. The molecular weight excluding hydrogens is 198 g/mol. The molecule has 0 aliphatic carbocycles. The van der Waals surface area contributed by atoms with Crippen LogP contribution in [-0.4, -0.2) is 48.6 Å². The highest BCUT2D eigenvalue weighted by molar-refractivity contribution is 4.90. The summed E-state index contributed by atoms with van der Waals surface area (Å²) in [5.74, 6) is 0.748. The minimum Gasteiger partial charge on any atom is -0.301 e. The maximum Gasteiger partial charge on any atom is 0.0638 e. The molecular formula is C13H25N3. The maximum absolute atomic E-state index is 8.87. The van der Waals surface area contributed by atoms with Crippen molar-refractivity contribution in [2.75, 3.05) is 26.7 Å². The number of nitriles is 1. The van der Waals surface area contributed by atoms with Crippen molar-refractivity contribution in [1.82, 2.24) is 9.80 Å². The molecule has 1 saturated heterocycles. The maximum atomic E-state index is 8.87. The van der Waals surface area contributed by atoms with Gasteiger partial charge in [-0.2, -0.15) is 5.26 Å². The van der Waals surface area contributed by atoms with Gasteiger partial charge in [-0.25, -0.2) is 0 Å². The lowest BCUT2D eigenvalue weighted by atomic mass is 10.0. The van der Waals surface area contributed by atoms with E-state index < -0.39 is 0 Å². The van der Waals surface area contributed by atoms with Gasteiger partial charge in [0.1, 0.15) is 0 Å². The standard InChI is InChI=1S/C13H25N3/c1-11(2)6-8-16-9-12(3)15(4)10-13(16)5-7-14/h11-13H,5-6,8-10H2,1-4H3. The van der Waals surface area contributed by atoms with Crippen LogP contribution < -0.4 is 0 Å². The molecule has 0 bridgehead atoms. The predicted octanol–water partition coefficient (Wildman–Crippen LogP) is 1.95. The number of piperazine rings is 1. The fourth-order valence-corrected chi connectivity index (χ4v) is 2.25. The first-order valence-electron chi connectivity index (χ1n) is 6.35. The zero-order valence-electron chi connectivity index (χ0n) is 11.1. The SMILES string of the molecule is CC(C)CCN1CC(C)N(C)CC1CC#N. The van der Waals surface area contributed by atoms with Crippen LogP contribution in [0.1, 0.15) is 33.6 Å². The molecule has 1 heterocycles. The minimum absolute atomic E-state index is 0.435. The molecule has 0 aromatic carbocycles. The molecule has 0 radical (unpaired) electrons. The first kappa shape index (κ1) is 13.5. The average molecular weight is 223 g/mol. The average Bonchev–Trinajstić information content (AvgIpc) is 2.21. The van der Waals surface area contributed by atoms with E-state index in [-0.39, 0.29) is 0 Å². The number of nitrogens with zero attached hydrogens (tertiary/aromatic N) is 3. The zero-order chi connectivity index (χ0) is 12.1. The molecule has 0 N–H and O–H groups in total. The third kappa shape index (κ3) is 3.77. The molecule has 3 nitrogen and oxygen atoms in total. The lowest BCUT2D eigenvalue weighted by Crippen LogP contribution is -2.56. The summed E-state index contributed by atoms with van der Waals surface area (Å²) in [6, 6.07) is 3.37. The smallest absolute Gasteiger partial charge is 0.0638 e. The number of likely N-dealkylation sites (N-methyl/N-ethyl adjacent to an activating group) is 1. The monoisotopic (exact) mass is 223 g/mol. The third-order valence-electron chi connectivity index (χ3n) is 3.59. The Morgan fingerprint density at radius 2 is 2.06 bits per heavy atom. The lowest BCUT2D eigenvalue weighted by molar-refractivity contribution is 0.0506. The van der Waals surface area contributed by atoms with Gasteiger partial charge in [0.15, 0.2) is 0 Å². The van der Waals surface area contributed by atoms with Gasteiger partial charge in [0.05, 0.1) is 12.5 Å². The summed E-state index contributed by atoms with van der Waals surface area (Å²) in [6.07, 6.45) is 1.90. The Morgan fingerprint density at radius 3 is 2.62 bits per heavy atom. The van der Waals surface area contributed by atoms with E-state index in [0.29, 0.717) is 18.5 Å². The molecule has 0 aromatic heterocycles. The highest BCUT2D eigenvalue weighted by atomic mass is 15.3. The van der Waals surface area contributed by atoms with Crippen LogP contribution in [0.4, 0.5) is 0 Å². The lowest BCUT2D eigenvalue weighted by Gasteiger charge is -2.43. The van der Waals surface area contributed by atoms with Crippen molar-refractivity contribution in [2.45, 2.75) is 45.7 Å². The van der Waals surface area contributed by atoms with E-state index in [1.165, 1.54) is 6.42 Å². The zero-order valence-corrected chi connectivity index (χ0v) is 11.1. The van der Waals surface area contributed by atoms with E-state index >= 15 is 0 Å². The summed E-state index contributed by atoms with van der Waals surface area (Å²) >= 11 is 0. The summed E-state index contributed by atoms with van der Waals surface area (Å²) in [5, 5.41) is 8.87. The predicted molar refractivity (Wildman–Crippen MR) is 67.1 cm³/mol. The van der Waals surface area contributed by atoms with E-state index in [4.69, 9.17) is 5.26 Å². The molecule has 2 atom stereocenters. The van der Waals surface area contributed by atoms with Crippen molar-refractivity contribution in [3.63, 3.8) is 0 Å². The van der Waals surface area contributed by atoms with Crippen molar-refractivity contribution in [3.8, 4) is 6.07 Å². The topological polar surface area (TPSA) is 30.3 Å². The van der Waals surface area contributed by atoms with E-state index in [1.807, 2.05) is 0 Å². The van der Waals surface area contributed by atoms with Crippen molar-refractivity contribution in [3.05, 3.63) is 0 Å². The summed E-state index contributed by atoms with van der Waals surface area (Å²) in [4.78, 5) is 4.88. The first-order chi connectivity index (χ1) is 7.54. The van der Waals surface area contributed by atoms with Gasteiger partial charge in [0.2, 0.25) is 0 Å². The second-order valence-corrected chi connectivity index (χ2v) is 5.48. The van der Waals surface area contributed by atoms with Crippen LogP contribution in [0.3, 0.4) is 0 Å². The van der Waals surface area contributed by atoms with Gasteiger partial charge in [-0.1, -0.05) is 13.8 Å². The fourth-order valence-electron chi connectivity index (χ4n) is 2.25. The first-order valence-corrected chi connectivity index (χ1v) is 6.35. The van der Waals surface area contributed by atoms with Crippen LogP contribution in [0, 0.1) is 17.2 Å². The fraction of sp³-hybridized carbons (Fsp3) is 0.923. The van der Waals surface area contributed by atoms with Gasteiger partial charge >= 0.3 is 0 Å². The molecule has 1 aliphatic rings. The van der Waals surface area contributed by atoms with Gasteiger partial charge < -0.3 is 4.90 Å². The quantitative estimate of drug-likeness (QED) is 0.730. The molecule has 0 saturated carbocycles. The van der Waals surface area contributed by atoms with E-state index in [1.54, 1.807) is 0 Å². The Labute approximate surface area is 100 Å². The van der Waals surface area contributed by atoms with Gasteiger partial charge in [-0.05, 0) is 32.9 Å². The van der Waals surface area contributed by atoms with E-state index in [0.717, 1.165) is 25.6 Å². The van der Waals surface area contributed by atoms with E-state index in [9.17, 15) is 0 Å². The van der Waals surface area contributed by atoms with E-state index in [2.05, 4.69) is 43.7 Å². The summed E-state index contributed by atoms with van der Waals surface area (Å²) in [5.41, 5.74) is 0. The molecule has 16 heavy (non-hydrogen) atoms. The van der Waals surface area contributed by atoms with Crippen LogP contribution >= 0.6 is 0 Å². The third-order valence-corrected chi connectivity index (χ3v) is 3.59. The Balaban J connectivity index is 2.52. The summed E-state index contributed by atoms with van der Waals surface area (Å²) < 4.78 is 0. The molecule has 1 fully saturated rings. The Hall–Kier alpha value is -0.590. The molecule has 1 aliphatic heterocycles. The molecule has 2 unspecified atom stereocenters. The highest BCUT2D eigenvalue weighted by Gasteiger charge is 2.28. The number of hydrogen-bond donors (Lipinski definition) is 0. The second kappa shape index (κ2) is 6.22. The van der Waals surface area contributed by atoms with Gasteiger partial charge in [0.25, 0.3) is 0 Å². The molecule has 1 rings (SSSR count). The van der Waals surface area contributed by atoms with Crippen LogP contribution in [0.25, 0.3) is 0 Å².